The lowest BCUT2D eigenvalue weighted by Crippen LogP contribution is -2.46. The molecule has 220 valence electrons. The van der Waals surface area contributed by atoms with Crippen LogP contribution in [0, 0.1) is 12.7 Å². The number of hydrogen-bond acceptors (Lipinski definition) is 6. The van der Waals surface area contributed by atoms with Gasteiger partial charge in [0.1, 0.15) is 5.82 Å². The van der Waals surface area contributed by atoms with E-state index in [0.717, 1.165) is 11.1 Å². The molecule has 0 radical (unpaired) electrons. The molecule has 3 aromatic carbocycles. The van der Waals surface area contributed by atoms with Crippen LogP contribution in [0.3, 0.4) is 0 Å². The highest BCUT2D eigenvalue weighted by Crippen LogP contribution is 2.31. The van der Waals surface area contributed by atoms with Gasteiger partial charge in [-0.1, -0.05) is 24.3 Å². The van der Waals surface area contributed by atoms with Crippen molar-refractivity contribution in [2.45, 2.75) is 24.5 Å². The number of nitrogens with one attached hydrogen (secondary N) is 1. The molecule has 0 bridgehead atoms. The summed E-state index contributed by atoms with van der Waals surface area (Å²) in [6.07, 6.45) is -5.08. The third kappa shape index (κ3) is 8.91. The number of aryl methyl sites for hydroxylation is 1. The number of carbonyl (C=O) groups is 2. The molecular weight excluding hydrogens is 570 g/mol. The molecule has 0 atom stereocenters. The van der Waals surface area contributed by atoms with Crippen molar-refractivity contribution in [3.05, 3.63) is 89.2 Å². The van der Waals surface area contributed by atoms with Crippen LogP contribution < -0.4 is 9.62 Å². The Bertz CT molecular complexity index is 1510. The quantitative estimate of drug-likeness (QED) is 0.338. The van der Waals surface area contributed by atoms with Crippen LogP contribution >= 0.6 is 0 Å². The molecule has 1 saturated heterocycles. The Kier molecular flexibility index (Phi) is 9.94. The smallest absolute Gasteiger partial charge is 0.478 e. The molecule has 0 aliphatic carbocycles. The Morgan fingerprint density at radius 2 is 1.56 bits per heavy atom. The molecule has 0 spiro atoms. The number of aromatic carboxylic acids is 1. The summed E-state index contributed by atoms with van der Waals surface area (Å²) in [5.41, 5.74) is 2.53. The number of carboxylic acid groups (broad SMARTS) is 2. The summed E-state index contributed by atoms with van der Waals surface area (Å²) < 4.78 is 73.9. The Morgan fingerprint density at radius 3 is 2.12 bits per heavy atom. The molecule has 1 heterocycles. The lowest BCUT2D eigenvalue weighted by Gasteiger charge is -2.37. The van der Waals surface area contributed by atoms with E-state index in [1.165, 1.54) is 30.3 Å². The van der Waals surface area contributed by atoms with Gasteiger partial charge in [0.05, 0.1) is 21.8 Å². The highest BCUT2D eigenvalue weighted by Gasteiger charge is 2.38. The van der Waals surface area contributed by atoms with Crippen molar-refractivity contribution in [3.8, 4) is 0 Å². The maximum absolute atomic E-state index is 13.5. The van der Waals surface area contributed by atoms with Crippen LogP contribution in [-0.4, -0.2) is 67.8 Å². The number of benzene rings is 3. The molecule has 0 saturated carbocycles. The minimum atomic E-state index is -5.08. The van der Waals surface area contributed by atoms with Crippen LogP contribution in [0.4, 0.5) is 28.9 Å². The molecular formula is C27H27F4N3O6S. The van der Waals surface area contributed by atoms with Crippen molar-refractivity contribution >= 4 is 33.3 Å². The molecule has 3 aromatic rings. The Morgan fingerprint density at radius 1 is 0.927 bits per heavy atom. The average molecular weight is 598 g/mol. The van der Waals surface area contributed by atoms with Crippen molar-refractivity contribution in [2.75, 3.05) is 35.8 Å². The Balaban J connectivity index is 0.000000587. The summed E-state index contributed by atoms with van der Waals surface area (Å²) in [5.74, 6) is -4.16. The largest absolute Gasteiger partial charge is 0.490 e. The Labute approximate surface area is 233 Å². The number of nitrogens with zero attached hydrogens (tertiary/aromatic N) is 2. The van der Waals surface area contributed by atoms with Crippen molar-refractivity contribution in [1.82, 2.24) is 4.90 Å². The number of carboxylic acids is 2. The molecule has 41 heavy (non-hydrogen) atoms. The fourth-order valence-corrected chi connectivity index (χ4v) is 5.22. The van der Waals surface area contributed by atoms with Crippen LogP contribution in [0.2, 0.25) is 0 Å². The van der Waals surface area contributed by atoms with Gasteiger partial charge in [-0.3, -0.25) is 9.62 Å². The Hall–Kier alpha value is -4.17. The predicted octanol–water partition coefficient (Wildman–Crippen LogP) is 4.59. The maximum atomic E-state index is 13.5. The van der Waals surface area contributed by atoms with E-state index < -0.39 is 28.1 Å². The van der Waals surface area contributed by atoms with E-state index in [1.54, 1.807) is 37.3 Å². The van der Waals surface area contributed by atoms with Gasteiger partial charge in [0, 0.05) is 32.7 Å². The number of alkyl halides is 3. The molecule has 3 N–H and O–H groups in total. The number of halogens is 4. The number of aliphatic carboxylic acids is 1. The van der Waals surface area contributed by atoms with E-state index in [0.29, 0.717) is 38.4 Å². The fraction of sp³-hybridized carbons (Fsp3) is 0.259. The predicted molar refractivity (Wildman–Crippen MR) is 143 cm³/mol. The van der Waals surface area contributed by atoms with Gasteiger partial charge in [0.25, 0.3) is 10.0 Å². The topological polar surface area (TPSA) is 127 Å². The fourth-order valence-electron chi connectivity index (χ4n) is 4.05. The van der Waals surface area contributed by atoms with Gasteiger partial charge in [0.2, 0.25) is 0 Å². The van der Waals surface area contributed by atoms with Gasteiger partial charge in [-0.25, -0.2) is 22.4 Å². The van der Waals surface area contributed by atoms with Gasteiger partial charge in [-0.2, -0.15) is 13.2 Å². The molecule has 14 heteroatoms. The third-order valence-corrected chi connectivity index (χ3v) is 7.40. The minimum absolute atomic E-state index is 0.00423. The summed E-state index contributed by atoms with van der Waals surface area (Å²) >= 11 is 0. The lowest BCUT2D eigenvalue weighted by atomic mass is 10.1. The molecule has 1 aliphatic rings. The van der Waals surface area contributed by atoms with Crippen molar-refractivity contribution in [1.29, 1.82) is 0 Å². The van der Waals surface area contributed by atoms with E-state index in [1.807, 2.05) is 11.0 Å². The van der Waals surface area contributed by atoms with Gasteiger partial charge >= 0.3 is 18.1 Å². The SMILES string of the molecule is Cc1cccc(S(=O)(=O)Nc2cc(C(=O)O)ccc2N2CCN(Cc3cccc(F)c3)CC2)c1.O=C(O)C(F)(F)F. The third-order valence-electron chi connectivity index (χ3n) is 6.04. The van der Waals surface area contributed by atoms with E-state index >= 15 is 0 Å². The van der Waals surface area contributed by atoms with Crippen LogP contribution in [0.25, 0.3) is 0 Å². The van der Waals surface area contributed by atoms with Crippen LogP contribution in [0.1, 0.15) is 21.5 Å². The zero-order valence-corrected chi connectivity index (χ0v) is 22.5. The first-order valence-electron chi connectivity index (χ1n) is 12.1. The number of hydrogen-bond donors (Lipinski definition) is 3. The molecule has 0 aromatic heterocycles. The van der Waals surface area contributed by atoms with E-state index in [2.05, 4.69) is 9.62 Å². The van der Waals surface area contributed by atoms with Crippen molar-refractivity contribution in [3.63, 3.8) is 0 Å². The highest BCUT2D eigenvalue weighted by molar-refractivity contribution is 7.92. The normalized spacial score (nSPS) is 14.1. The first kappa shape index (κ1) is 31.4. The monoisotopic (exact) mass is 597 g/mol. The number of rotatable bonds is 7. The van der Waals surface area contributed by atoms with Gasteiger partial charge in [-0.05, 0) is 60.5 Å². The van der Waals surface area contributed by atoms with Gasteiger partial charge in [0.15, 0.2) is 0 Å². The molecule has 1 aliphatic heterocycles. The minimum Gasteiger partial charge on any atom is -0.478 e. The van der Waals surface area contributed by atoms with Crippen molar-refractivity contribution in [2.24, 2.45) is 0 Å². The van der Waals surface area contributed by atoms with Crippen LogP contribution in [0.15, 0.2) is 71.6 Å². The zero-order valence-electron chi connectivity index (χ0n) is 21.7. The van der Waals surface area contributed by atoms with Crippen LogP contribution in [-0.2, 0) is 21.4 Å². The molecule has 9 nitrogen and oxygen atoms in total. The van der Waals surface area contributed by atoms with E-state index in [9.17, 15) is 35.9 Å². The number of sulfonamides is 1. The molecule has 1 fully saturated rings. The van der Waals surface area contributed by atoms with Crippen LogP contribution in [0.5, 0.6) is 0 Å². The standard InChI is InChI=1S/C25H26FN3O4S.C2HF3O2/c1-18-4-2-7-22(14-18)34(32,33)27-23-16-20(25(30)31)8-9-24(23)29-12-10-28(11-13-29)17-19-5-3-6-21(26)15-19;3-2(4,5)1(6)7/h2-9,14-16,27H,10-13,17H2,1H3,(H,30,31);(H,6,7). The number of anilines is 2. The molecule has 0 amide bonds. The van der Waals surface area contributed by atoms with E-state index in [-0.39, 0.29) is 22.0 Å². The first-order chi connectivity index (χ1) is 19.2. The maximum Gasteiger partial charge on any atom is 0.490 e. The van der Waals surface area contributed by atoms with Crippen molar-refractivity contribution < 1.29 is 45.8 Å². The summed E-state index contributed by atoms with van der Waals surface area (Å²) in [7, 11) is -3.91. The molecule has 0 unspecified atom stereocenters. The van der Waals surface area contributed by atoms with Gasteiger partial charge < -0.3 is 15.1 Å². The summed E-state index contributed by atoms with van der Waals surface area (Å²) in [6, 6.07) is 17.5. The first-order valence-corrected chi connectivity index (χ1v) is 13.6. The zero-order chi connectivity index (χ0) is 30.4. The second kappa shape index (κ2) is 13.0. The average Bonchev–Trinajstić information content (AvgIpc) is 2.89. The summed E-state index contributed by atoms with van der Waals surface area (Å²) in [5, 5.41) is 16.6. The number of piperazine rings is 1. The summed E-state index contributed by atoms with van der Waals surface area (Å²) in [4.78, 5) is 24.8. The summed E-state index contributed by atoms with van der Waals surface area (Å²) in [6.45, 7) is 5.04. The van der Waals surface area contributed by atoms with Gasteiger partial charge in [-0.15, -0.1) is 0 Å². The second-order valence-corrected chi connectivity index (χ2v) is 10.8. The van der Waals surface area contributed by atoms with E-state index in [4.69, 9.17) is 9.90 Å². The highest BCUT2D eigenvalue weighted by atomic mass is 32.2. The lowest BCUT2D eigenvalue weighted by molar-refractivity contribution is -0.192. The molecule has 4 rings (SSSR count). The second-order valence-electron chi connectivity index (χ2n) is 9.16.